The first kappa shape index (κ1) is 19.2. The Hall–Kier alpha value is -1.17. The van der Waals surface area contributed by atoms with Crippen LogP contribution in [0.1, 0.15) is 17.0 Å². The lowest BCUT2D eigenvalue weighted by atomic mass is 9.92. The lowest BCUT2D eigenvalue weighted by Gasteiger charge is -2.26. The summed E-state index contributed by atoms with van der Waals surface area (Å²) in [7, 11) is 0. The molecule has 4 rings (SSSR count). The van der Waals surface area contributed by atoms with Gasteiger partial charge in [-0.15, -0.1) is 0 Å². The molecule has 2 saturated heterocycles. The van der Waals surface area contributed by atoms with Gasteiger partial charge in [-0.2, -0.15) is 0 Å². The van der Waals surface area contributed by atoms with Crippen LogP contribution in [0.4, 0.5) is 0 Å². The number of epoxide rings is 2. The van der Waals surface area contributed by atoms with E-state index in [4.69, 9.17) is 53.8 Å². The average Bonchev–Trinajstić information content (AvgIpc) is 3.54. The van der Waals surface area contributed by atoms with Gasteiger partial charge in [-0.25, -0.2) is 0 Å². The number of alkyl halides is 3. The highest BCUT2D eigenvalue weighted by atomic mass is 35.6. The normalized spacial score (nSPS) is 22.2. The van der Waals surface area contributed by atoms with Gasteiger partial charge in [0, 0.05) is 0 Å². The molecule has 0 N–H and O–H groups in total. The summed E-state index contributed by atoms with van der Waals surface area (Å²) in [5.74, 6) is 1.12. The van der Waals surface area contributed by atoms with E-state index in [0.29, 0.717) is 13.2 Å². The van der Waals surface area contributed by atoms with E-state index < -0.39 is 9.71 Å². The zero-order valence-corrected chi connectivity index (χ0v) is 16.7. The summed E-state index contributed by atoms with van der Waals surface area (Å²) in [6.45, 7) is 2.64. The molecule has 2 aromatic carbocycles. The third-order valence-electron chi connectivity index (χ3n) is 4.43. The van der Waals surface area contributed by atoms with Gasteiger partial charge in [-0.3, -0.25) is 0 Å². The molecule has 2 aliphatic heterocycles. The second-order valence-electron chi connectivity index (χ2n) is 6.65. The third-order valence-corrected chi connectivity index (χ3v) is 5.09. The molecule has 0 bridgehead atoms. The Bertz CT molecular complexity index is 691. The minimum absolute atomic E-state index is 0.214. The Morgan fingerprint density at radius 2 is 1.15 bits per heavy atom. The molecular formula is C20H19Cl3O4. The molecule has 2 unspecified atom stereocenters. The number of rotatable bonds is 8. The van der Waals surface area contributed by atoms with Crippen LogP contribution < -0.4 is 9.47 Å². The molecule has 2 atom stereocenters. The molecule has 2 aromatic rings. The molecular weight excluding hydrogens is 411 g/mol. The fourth-order valence-corrected chi connectivity index (χ4v) is 3.55. The van der Waals surface area contributed by atoms with E-state index in [9.17, 15) is 0 Å². The van der Waals surface area contributed by atoms with Crippen LogP contribution in [0, 0.1) is 0 Å². The van der Waals surface area contributed by atoms with Crippen molar-refractivity contribution in [2.75, 3.05) is 26.4 Å². The van der Waals surface area contributed by atoms with Gasteiger partial charge >= 0.3 is 0 Å². The highest BCUT2D eigenvalue weighted by Crippen LogP contribution is 2.46. The zero-order valence-electron chi connectivity index (χ0n) is 14.4. The Morgan fingerprint density at radius 3 is 1.44 bits per heavy atom. The smallest absolute Gasteiger partial charge is 0.201 e. The number of benzene rings is 2. The van der Waals surface area contributed by atoms with Crippen LogP contribution in [0.25, 0.3) is 0 Å². The number of hydrogen-bond donors (Lipinski definition) is 0. The fourth-order valence-electron chi connectivity index (χ4n) is 2.79. The quantitative estimate of drug-likeness (QED) is 0.449. The van der Waals surface area contributed by atoms with Gasteiger partial charge in [0.2, 0.25) is 3.79 Å². The van der Waals surface area contributed by atoms with Crippen LogP contribution in [0.15, 0.2) is 48.5 Å². The topological polar surface area (TPSA) is 43.5 Å². The van der Waals surface area contributed by atoms with Crippen molar-refractivity contribution in [2.24, 2.45) is 0 Å². The monoisotopic (exact) mass is 428 g/mol. The maximum atomic E-state index is 6.31. The molecule has 144 valence electrons. The van der Waals surface area contributed by atoms with E-state index in [1.54, 1.807) is 0 Å². The van der Waals surface area contributed by atoms with Crippen LogP contribution in [-0.4, -0.2) is 42.4 Å². The Labute approximate surface area is 173 Å². The average molecular weight is 430 g/mol. The van der Waals surface area contributed by atoms with Crippen molar-refractivity contribution in [1.29, 1.82) is 0 Å². The predicted molar refractivity (Wildman–Crippen MR) is 105 cm³/mol. The van der Waals surface area contributed by atoms with Crippen molar-refractivity contribution in [2.45, 2.75) is 21.9 Å². The van der Waals surface area contributed by atoms with Crippen LogP contribution in [-0.2, 0) is 9.47 Å². The first-order valence-corrected chi connectivity index (χ1v) is 9.88. The number of hydrogen-bond acceptors (Lipinski definition) is 4. The third kappa shape index (κ3) is 5.43. The zero-order chi connectivity index (χ0) is 18.9. The van der Waals surface area contributed by atoms with Crippen LogP contribution in [0.2, 0.25) is 0 Å². The molecule has 2 aliphatic rings. The van der Waals surface area contributed by atoms with Crippen molar-refractivity contribution in [1.82, 2.24) is 0 Å². The fraction of sp³-hybridized carbons (Fsp3) is 0.400. The van der Waals surface area contributed by atoms with E-state index in [1.165, 1.54) is 0 Å². The molecule has 2 heterocycles. The Kier molecular flexibility index (Phi) is 5.72. The van der Waals surface area contributed by atoms with E-state index in [1.807, 2.05) is 48.5 Å². The predicted octanol–water partition coefficient (Wildman–Crippen LogP) is 4.74. The molecule has 4 nitrogen and oxygen atoms in total. The number of ether oxygens (including phenoxy) is 4. The molecule has 0 radical (unpaired) electrons. The van der Waals surface area contributed by atoms with Crippen LogP contribution >= 0.6 is 34.8 Å². The molecule has 7 heteroatoms. The van der Waals surface area contributed by atoms with Crippen LogP contribution in [0.5, 0.6) is 11.5 Å². The highest BCUT2D eigenvalue weighted by molar-refractivity contribution is 6.68. The molecule has 0 aromatic heterocycles. The summed E-state index contributed by atoms with van der Waals surface area (Å²) in [6.07, 6.45) is 0.427. The van der Waals surface area contributed by atoms with E-state index in [2.05, 4.69) is 0 Å². The largest absolute Gasteiger partial charge is 0.491 e. The molecule has 0 amide bonds. The molecule has 27 heavy (non-hydrogen) atoms. The maximum absolute atomic E-state index is 6.31. The molecule has 0 spiro atoms. The summed E-state index contributed by atoms with van der Waals surface area (Å²) < 4.78 is 20.1. The van der Waals surface area contributed by atoms with Gasteiger partial charge in [-0.1, -0.05) is 59.1 Å². The summed E-state index contributed by atoms with van der Waals surface area (Å²) >= 11 is 18.9. The molecule has 2 fully saturated rings. The Morgan fingerprint density at radius 1 is 0.778 bits per heavy atom. The second kappa shape index (κ2) is 8.06. The lowest BCUT2D eigenvalue weighted by Crippen LogP contribution is -2.18. The number of halogens is 3. The first-order chi connectivity index (χ1) is 13.0. The van der Waals surface area contributed by atoms with Crippen molar-refractivity contribution in [3.8, 4) is 11.5 Å². The lowest BCUT2D eigenvalue weighted by molar-refractivity contribution is 0.263. The summed E-state index contributed by atoms with van der Waals surface area (Å²) in [5.41, 5.74) is 1.79. The van der Waals surface area contributed by atoms with Gasteiger partial charge in [-0.05, 0) is 35.4 Å². The van der Waals surface area contributed by atoms with Crippen LogP contribution in [0.3, 0.4) is 0 Å². The summed E-state index contributed by atoms with van der Waals surface area (Å²) in [4.78, 5) is 0. The maximum Gasteiger partial charge on any atom is 0.201 e. The van der Waals surface area contributed by atoms with Crippen molar-refractivity contribution < 1.29 is 18.9 Å². The first-order valence-electron chi connectivity index (χ1n) is 8.74. The van der Waals surface area contributed by atoms with Gasteiger partial charge in [0.15, 0.2) is 0 Å². The van der Waals surface area contributed by atoms with Gasteiger partial charge < -0.3 is 18.9 Å². The van der Waals surface area contributed by atoms with Gasteiger partial charge in [0.25, 0.3) is 0 Å². The molecule has 0 saturated carbocycles. The minimum Gasteiger partial charge on any atom is -0.491 e. The second-order valence-corrected chi connectivity index (χ2v) is 9.01. The SMILES string of the molecule is ClC(Cl)(Cl)C(c1ccc(OCC2CO2)cc1)c1ccc(OCC2CO2)cc1. The standard InChI is InChI=1S/C20H19Cl3O4/c21-20(22,23)19(13-1-5-15(6-2-13)24-9-17-11-26-17)14-3-7-16(8-4-14)25-10-18-12-27-18/h1-8,17-19H,9-12H2. The summed E-state index contributed by atoms with van der Waals surface area (Å²) in [6, 6.07) is 15.2. The molecule has 0 aliphatic carbocycles. The van der Waals surface area contributed by atoms with E-state index in [-0.39, 0.29) is 12.2 Å². The summed E-state index contributed by atoms with van der Waals surface area (Å²) in [5, 5.41) is 0. The van der Waals surface area contributed by atoms with Gasteiger partial charge in [0.05, 0.1) is 19.1 Å². The minimum atomic E-state index is -1.49. The van der Waals surface area contributed by atoms with E-state index in [0.717, 1.165) is 35.8 Å². The van der Waals surface area contributed by atoms with Crippen molar-refractivity contribution in [3.05, 3.63) is 59.7 Å². The highest BCUT2D eigenvalue weighted by Gasteiger charge is 2.35. The van der Waals surface area contributed by atoms with Crippen molar-refractivity contribution in [3.63, 3.8) is 0 Å². The Balaban J connectivity index is 1.48. The van der Waals surface area contributed by atoms with Crippen molar-refractivity contribution >= 4 is 34.8 Å². The van der Waals surface area contributed by atoms with Gasteiger partial charge in [0.1, 0.15) is 36.9 Å². The van der Waals surface area contributed by atoms with E-state index >= 15 is 0 Å².